The fourth-order valence-corrected chi connectivity index (χ4v) is 5.09. The van der Waals surface area contributed by atoms with E-state index in [9.17, 15) is 4.79 Å². The second kappa shape index (κ2) is 12.3. The van der Waals surface area contributed by atoms with E-state index in [4.69, 9.17) is 14.2 Å². The lowest BCUT2D eigenvalue weighted by atomic mass is 10.1. The number of ether oxygens (including phenoxy) is 3. The molecule has 0 saturated carbocycles. The van der Waals surface area contributed by atoms with Gasteiger partial charge in [0.25, 0.3) is 0 Å². The van der Waals surface area contributed by atoms with Gasteiger partial charge in [0.15, 0.2) is 11.5 Å². The zero-order valence-electron chi connectivity index (χ0n) is 22.2. The molecule has 0 radical (unpaired) electrons. The van der Waals surface area contributed by atoms with Gasteiger partial charge in [0.05, 0.1) is 6.04 Å². The predicted octanol–water partition coefficient (Wildman–Crippen LogP) is 4.29. The van der Waals surface area contributed by atoms with Crippen molar-refractivity contribution in [1.29, 1.82) is 0 Å². The summed E-state index contributed by atoms with van der Waals surface area (Å²) in [6.45, 7) is 7.35. The molecule has 0 aliphatic carbocycles. The van der Waals surface area contributed by atoms with Crippen LogP contribution in [0.25, 0.3) is 0 Å². The molecular formula is C31H37N3O4. The highest BCUT2D eigenvalue weighted by molar-refractivity contribution is 5.82. The van der Waals surface area contributed by atoms with Gasteiger partial charge in [0.2, 0.25) is 12.7 Å². The predicted molar refractivity (Wildman–Crippen MR) is 147 cm³/mol. The number of amides is 1. The number of fused-ring (bicyclic) bond motifs is 1. The normalized spacial score (nSPS) is 18.6. The molecule has 0 unspecified atom stereocenters. The van der Waals surface area contributed by atoms with Crippen molar-refractivity contribution in [2.45, 2.75) is 58.0 Å². The van der Waals surface area contributed by atoms with Crippen molar-refractivity contribution in [3.63, 3.8) is 0 Å². The van der Waals surface area contributed by atoms with Gasteiger partial charge in [-0.05, 0) is 67.6 Å². The Morgan fingerprint density at radius 2 is 1.74 bits per heavy atom. The number of hydrogen-bond donors (Lipinski definition) is 2. The fraction of sp³-hybridized carbons (Fsp3) is 0.387. The molecule has 3 aromatic rings. The van der Waals surface area contributed by atoms with Crippen molar-refractivity contribution in [1.82, 2.24) is 15.5 Å². The molecule has 1 saturated heterocycles. The van der Waals surface area contributed by atoms with Crippen LogP contribution in [0.4, 0.5) is 0 Å². The standard InChI is InChI=1S/C31H37N3O4/c1-22(2)34-19-26(33-18-24-8-11-27(12-9-24)36-20-25-6-4-3-5-7-25)17-28(34)31(35)32-15-14-23-10-13-29-30(16-23)38-21-37-29/h3-13,16,22,26,28,33H,14-15,17-21H2,1-2H3,(H,32,35)/t26-,28+/m1/s1. The van der Waals surface area contributed by atoms with Crippen molar-refractivity contribution in [2.24, 2.45) is 0 Å². The van der Waals surface area contributed by atoms with Crippen molar-refractivity contribution >= 4 is 5.91 Å². The maximum absolute atomic E-state index is 13.1. The quantitative estimate of drug-likeness (QED) is 0.397. The summed E-state index contributed by atoms with van der Waals surface area (Å²) in [5, 5.41) is 6.82. The second-order valence-electron chi connectivity index (χ2n) is 10.3. The Morgan fingerprint density at radius 1 is 0.974 bits per heavy atom. The highest BCUT2D eigenvalue weighted by atomic mass is 16.7. The third kappa shape index (κ3) is 6.65. The average Bonchev–Trinajstić information content (AvgIpc) is 3.59. The van der Waals surface area contributed by atoms with E-state index in [1.54, 1.807) is 0 Å². The molecule has 0 spiro atoms. The van der Waals surface area contributed by atoms with Gasteiger partial charge in [-0.1, -0.05) is 48.5 Å². The van der Waals surface area contributed by atoms with Gasteiger partial charge in [-0.25, -0.2) is 0 Å². The van der Waals surface area contributed by atoms with E-state index in [0.717, 1.165) is 54.3 Å². The molecule has 2 atom stereocenters. The topological polar surface area (TPSA) is 72.1 Å². The lowest BCUT2D eigenvalue weighted by molar-refractivity contribution is -0.126. The van der Waals surface area contributed by atoms with Crippen molar-refractivity contribution in [2.75, 3.05) is 19.9 Å². The van der Waals surface area contributed by atoms with Crippen LogP contribution in [-0.4, -0.2) is 48.8 Å². The minimum Gasteiger partial charge on any atom is -0.489 e. The van der Waals surface area contributed by atoms with E-state index in [1.165, 1.54) is 5.56 Å². The number of nitrogens with one attached hydrogen (secondary N) is 2. The van der Waals surface area contributed by atoms with E-state index in [2.05, 4.69) is 53.6 Å². The first-order chi connectivity index (χ1) is 18.5. The molecule has 7 nitrogen and oxygen atoms in total. The maximum Gasteiger partial charge on any atom is 0.237 e. The average molecular weight is 516 g/mol. The monoisotopic (exact) mass is 515 g/mol. The second-order valence-corrected chi connectivity index (χ2v) is 10.3. The minimum absolute atomic E-state index is 0.101. The molecule has 3 aromatic carbocycles. The van der Waals surface area contributed by atoms with Crippen molar-refractivity contribution < 1.29 is 19.0 Å². The number of carbonyl (C=O) groups is 1. The first-order valence-electron chi connectivity index (χ1n) is 13.5. The van der Waals surface area contributed by atoms with Gasteiger partial charge in [-0.2, -0.15) is 0 Å². The Bertz CT molecular complexity index is 1200. The van der Waals surface area contributed by atoms with Crippen LogP contribution in [0.3, 0.4) is 0 Å². The molecule has 0 aromatic heterocycles. The molecule has 2 aliphatic rings. The zero-order valence-corrected chi connectivity index (χ0v) is 22.2. The van der Waals surface area contributed by atoms with Gasteiger partial charge in [0, 0.05) is 31.7 Å². The van der Waals surface area contributed by atoms with Crippen molar-refractivity contribution in [3.8, 4) is 17.2 Å². The summed E-state index contributed by atoms with van der Waals surface area (Å²) in [6.07, 6.45) is 1.55. The van der Waals surface area contributed by atoms with Crippen LogP contribution in [0.15, 0.2) is 72.8 Å². The fourth-order valence-electron chi connectivity index (χ4n) is 5.09. The summed E-state index contributed by atoms with van der Waals surface area (Å²) < 4.78 is 16.7. The Hall–Kier alpha value is -3.55. The molecule has 7 heteroatoms. The number of carbonyl (C=O) groups excluding carboxylic acids is 1. The lowest BCUT2D eigenvalue weighted by Crippen LogP contribution is -2.46. The van der Waals surface area contributed by atoms with Gasteiger partial charge in [-0.3, -0.25) is 9.69 Å². The first-order valence-corrected chi connectivity index (χ1v) is 13.5. The van der Waals surface area contributed by atoms with Crippen LogP contribution < -0.4 is 24.8 Å². The van der Waals surface area contributed by atoms with Gasteiger partial charge >= 0.3 is 0 Å². The first kappa shape index (κ1) is 26.1. The minimum atomic E-state index is -0.127. The summed E-state index contributed by atoms with van der Waals surface area (Å²) >= 11 is 0. The molecule has 2 N–H and O–H groups in total. The van der Waals surface area contributed by atoms with Crippen LogP contribution in [0.1, 0.15) is 37.0 Å². The Labute approximate surface area is 225 Å². The van der Waals surface area contributed by atoms with E-state index < -0.39 is 0 Å². The molecule has 200 valence electrons. The number of likely N-dealkylation sites (tertiary alicyclic amines) is 1. The number of rotatable bonds is 11. The van der Waals surface area contributed by atoms with Crippen LogP contribution >= 0.6 is 0 Å². The molecule has 5 rings (SSSR count). The number of benzene rings is 3. The number of hydrogen-bond acceptors (Lipinski definition) is 6. The lowest BCUT2D eigenvalue weighted by Gasteiger charge is -2.27. The molecule has 38 heavy (non-hydrogen) atoms. The molecule has 1 fully saturated rings. The van der Waals surface area contributed by atoms with Crippen LogP contribution in [0.2, 0.25) is 0 Å². The summed E-state index contributed by atoms with van der Waals surface area (Å²) in [7, 11) is 0. The smallest absolute Gasteiger partial charge is 0.237 e. The van der Waals surface area contributed by atoms with Gasteiger partial charge in [-0.15, -0.1) is 0 Å². The van der Waals surface area contributed by atoms with E-state index in [0.29, 0.717) is 19.2 Å². The Morgan fingerprint density at radius 3 is 2.53 bits per heavy atom. The third-order valence-electron chi connectivity index (χ3n) is 7.22. The molecule has 1 amide bonds. The summed E-state index contributed by atoms with van der Waals surface area (Å²) in [6, 6.07) is 24.8. The largest absolute Gasteiger partial charge is 0.489 e. The van der Waals surface area contributed by atoms with E-state index >= 15 is 0 Å². The van der Waals surface area contributed by atoms with Gasteiger partial charge < -0.3 is 24.8 Å². The molecule has 2 aliphatic heterocycles. The third-order valence-corrected chi connectivity index (χ3v) is 7.22. The molecular weight excluding hydrogens is 478 g/mol. The van der Waals surface area contributed by atoms with E-state index in [1.807, 2.05) is 48.5 Å². The Kier molecular flexibility index (Phi) is 8.46. The summed E-state index contributed by atoms with van der Waals surface area (Å²) in [5.41, 5.74) is 3.48. The van der Waals surface area contributed by atoms with Crippen LogP contribution in [0, 0.1) is 0 Å². The van der Waals surface area contributed by atoms with Crippen LogP contribution in [-0.2, 0) is 24.4 Å². The number of nitrogens with zero attached hydrogens (tertiary/aromatic N) is 1. The zero-order chi connectivity index (χ0) is 26.3. The maximum atomic E-state index is 13.1. The highest BCUT2D eigenvalue weighted by Crippen LogP contribution is 2.32. The van der Waals surface area contributed by atoms with E-state index in [-0.39, 0.29) is 24.8 Å². The molecule has 0 bridgehead atoms. The molecule has 2 heterocycles. The van der Waals surface area contributed by atoms with Crippen LogP contribution in [0.5, 0.6) is 17.2 Å². The Balaban J connectivity index is 1.08. The summed E-state index contributed by atoms with van der Waals surface area (Å²) in [4.78, 5) is 15.4. The SMILES string of the molecule is CC(C)N1C[C@H](NCc2ccc(OCc3ccccc3)cc2)C[C@H]1C(=O)NCCc1ccc2c(c1)OCO2. The highest BCUT2D eigenvalue weighted by Gasteiger charge is 2.37. The van der Waals surface area contributed by atoms with Crippen molar-refractivity contribution in [3.05, 3.63) is 89.5 Å². The van der Waals surface area contributed by atoms with Gasteiger partial charge in [0.1, 0.15) is 12.4 Å². The summed E-state index contributed by atoms with van der Waals surface area (Å²) in [5.74, 6) is 2.52.